The molecule has 0 saturated carbocycles. The number of furan rings is 1. The highest BCUT2D eigenvalue weighted by Crippen LogP contribution is 2.40. The smallest absolute Gasteiger partial charge is 0.250 e. The van der Waals surface area contributed by atoms with Crippen LogP contribution in [0.15, 0.2) is 35.4 Å². The van der Waals surface area contributed by atoms with Gasteiger partial charge in [0.05, 0.1) is 19.1 Å². The Morgan fingerprint density at radius 2 is 2.29 bits per heavy atom. The van der Waals surface area contributed by atoms with E-state index in [9.17, 15) is 4.79 Å². The number of piperidine rings is 1. The van der Waals surface area contributed by atoms with Gasteiger partial charge in [0.25, 0.3) is 5.91 Å². The maximum Gasteiger partial charge on any atom is 0.250 e. The molecule has 7 heteroatoms. The minimum absolute atomic E-state index is 0.0745. The zero-order valence-electron chi connectivity index (χ0n) is 13.8. The van der Waals surface area contributed by atoms with Crippen LogP contribution in [0.25, 0.3) is 0 Å². The Bertz CT molecular complexity index is 701. The molecule has 2 aromatic rings. The van der Waals surface area contributed by atoms with Crippen molar-refractivity contribution in [2.45, 2.75) is 37.6 Å². The summed E-state index contributed by atoms with van der Waals surface area (Å²) in [7, 11) is 1.65. The summed E-state index contributed by atoms with van der Waals surface area (Å²) in [5.74, 6) is 0.875. The molecule has 0 aromatic carbocycles. The fraction of sp³-hybridized carbons (Fsp3) is 0.529. The molecule has 2 aromatic heterocycles. The van der Waals surface area contributed by atoms with Crippen molar-refractivity contribution in [1.29, 1.82) is 0 Å². The van der Waals surface area contributed by atoms with Gasteiger partial charge in [-0.2, -0.15) is 0 Å². The molecule has 4 heterocycles. The van der Waals surface area contributed by atoms with Gasteiger partial charge in [-0.05, 0) is 18.9 Å². The van der Waals surface area contributed by atoms with Crippen molar-refractivity contribution in [3.63, 3.8) is 0 Å². The Balaban J connectivity index is 1.51. The number of carbonyl (C=O) groups is 1. The molecule has 1 fully saturated rings. The molecule has 1 spiro atoms. The van der Waals surface area contributed by atoms with E-state index >= 15 is 0 Å². The second-order valence-electron chi connectivity index (χ2n) is 6.53. The molecule has 1 amide bonds. The quantitative estimate of drug-likeness (QED) is 0.913. The van der Waals surface area contributed by atoms with E-state index in [1.165, 1.54) is 5.56 Å². The van der Waals surface area contributed by atoms with E-state index in [-0.39, 0.29) is 5.91 Å². The first-order valence-corrected chi connectivity index (χ1v) is 8.35. The number of imidazole rings is 1. The Labute approximate surface area is 140 Å². The number of rotatable bonds is 3. The molecular weight excluding hydrogens is 308 g/mol. The third-order valence-corrected chi connectivity index (χ3v) is 5.04. The van der Waals surface area contributed by atoms with Crippen LogP contribution in [0.1, 0.15) is 24.2 Å². The van der Waals surface area contributed by atoms with Gasteiger partial charge >= 0.3 is 0 Å². The number of carbonyl (C=O) groups excluding carboxylic acids is 1. The topological polar surface area (TPSA) is 72.5 Å². The fourth-order valence-electron chi connectivity index (χ4n) is 3.75. The predicted octanol–water partition coefficient (Wildman–Crippen LogP) is 1.11. The van der Waals surface area contributed by atoms with E-state index < -0.39 is 11.7 Å². The van der Waals surface area contributed by atoms with Crippen LogP contribution in [0.3, 0.4) is 0 Å². The minimum atomic E-state index is -0.466. The molecule has 1 saturated heterocycles. The monoisotopic (exact) mass is 330 g/mol. The first kappa shape index (κ1) is 15.4. The van der Waals surface area contributed by atoms with Crippen molar-refractivity contribution in [3.8, 4) is 0 Å². The number of likely N-dealkylation sites (N-methyl/N-ethyl adjacent to an activating group) is 1. The highest BCUT2D eigenvalue weighted by molar-refractivity contribution is 5.80. The van der Waals surface area contributed by atoms with Gasteiger partial charge in [-0.3, -0.25) is 9.69 Å². The van der Waals surface area contributed by atoms with Crippen LogP contribution >= 0.6 is 0 Å². The SMILES string of the molecule is CNC(=O)[C@@H]1Cn2ccnc2C2(CCN(Cc3ccoc3)CC2)O1. The lowest BCUT2D eigenvalue weighted by Crippen LogP contribution is -2.53. The average molecular weight is 330 g/mol. The first-order valence-electron chi connectivity index (χ1n) is 8.35. The van der Waals surface area contributed by atoms with Gasteiger partial charge in [-0.15, -0.1) is 0 Å². The fourth-order valence-corrected chi connectivity index (χ4v) is 3.75. The number of fused-ring (bicyclic) bond motifs is 2. The van der Waals surface area contributed by atoms with E-state index in [1.807, 2.05) is 12.3 Å². The summed E-state index contributed by atoms with van der Waals surface area (Å²) < 4.78 is 13.5. The molecule has 1 atom stereocenters. The number of nitrogens with zero attached hydrogens (tertiary/aromatic N) is 3. The molecule has 2 aliphatic heterocycles. The van der Waals surface area contributed by atoms with Gasteiger partial charge in [0.1, 0.15) is 11.4 Å². The number of hydrogen-bond donors (Lipinski definition) is 1. The Kier molecular flexibility index (Phi) is 3.90. The first-order chi connectivity index (χ1) is 11.7. The number of aromatic nitrogens is 2. The van der Waals surface area contributed by atoms with Crippen molar-refractivity contribution in [2.24, 2.45) is 0 Å². The summed E-state index contributed by atoms with van der Waals surface area (Å²) in [4.78, 5) is 19.0. The largest absolute Gasteiger partial charge is 0.472 e. The second-order valence-corrected chi connectivity index (χ2v) is 6.53. The molecule has 7 nitrogen and oxygen atoms in total. The lowest BCUT2D eigenvalue weighted by Gasteiger charge is -2.45. The Hall–Kier alpha value is -2.12. The standard InChI is InChI=1S/C17H22N4O3/c1-18-15(22)14-11-21-8-5-19-16(21)17(24-14)3-6-20(7-4-17)10-13-2-9-23-12-13/h2,5,8-9,12,14H,3-4,6-7,10-11H2,1H3,(H,18,22)/t14-/m0/s1. The summed E-state index contributed by atoms with van der Waals surface area (Å²) in [6, 6.07) is 2.00. The van der Waals surface area contributed by atoms with Crippen LogP contribution in [0.5, 0.6) is 0 Å². The molecule has 128 valence electrons. The van der Waals surface area contributed by atoms with Gasteiger partial charge < -0.3 is 19.0 Å². The molecule has 1 N–H and O–H groups in total. The Morgan fingerprint density at radius 1 is 1.46 bits per heavy atom. The van der Waals surface area contributed by atoms with E-state index in [2.05, 4.69) is 19.8 Å². The average Bonchev–Trinajstić information content (AvgIpc) is 3.28. The molecule has 2 aliphatic rings. The molecule has 4 rings (SSSR count). The number of hydrogen-bond acceptors (Lipinski definition) is 5. The lowest BCUT2D eigenvalue weighted by atomic mass is 9.88. The van der Waals surface area contributed by atoms with Gasteiger partial charge in [-0.1, -0.05) is 0 Å². The van der Waals surface area contributed by atoms with Crippen LogP contribution in [0.2, 0.25) is 0 Å². The summed E-state index contributed by atoms with van der Waals surface area (Å²) in [6.45, 7) is 3.20. The third-order valence-electron chi connectivity index (χ3n) is 5.04. The van der Waals surface area contributed by atoms with Crippen LogP contribution in [-0.4, -0.2) is 46.6 Å². The van der Waals surface area contributed by atoms with Crippen LogP contribution in [-0.2, 0) is 28.2 Å². The molecule has 0 unspecified atom stereocenters. The number of amides is 1. The number of likely N-dealkylation sites (tertiary alicyclic amines) is 1. The predicted molar refractivity (Wildman–Crippen MR) is 86.1 cm³/mol. The second kappa shape index (κ2) is 6.07. The molecule has 0 radical (unpaired) electrons. The van der Waals surface area contributed by atoms with E-state index in [0.29, 0.717) is 6.54 Å². The van der Waals surface area contributed by atoms with Crippen molar-refractivity contribution in [3.05, 3.63) is 42.4 Å². The molecule has 24 heavy (non-hydrogen) atoms. The van der Waals surface area contributed by atoms with E-state index in [1.54, 1.807) is 25.8 Å². The minimum Gasteiger partial charge on any atom is -0.472 e. The normalized spacial score (nSPS) is 23.1. The van der Waals surface area contributed by atoms with Crippen molar-refractivity contribution < 1.29 is 13.9 Å². The van der Waals surface area contributed by atoms with Crippen molar-refractivity contribution >= 4 is 5.91 Å². The number of nitrogens with one attached hydrogen (secondary N) is 1. The Morgan fingerprint density at radius 3 is 3.00 bits per heavy atom. The summed E-state index contributed by atoms with van der Waals surface area (Å²) in [5, 5.41) is 2.70. The summed E-state index contributed by atoms with van der Waals surface area (Å²) >= 11 is 0. The molecule has 0 bridgehead atoms. The molecule has 0 aliphatic carbocycles. The zero-order chi connectivity index (χ0) is 16.6. The van der Waals surface area contributed by atoms with Gasteiger partial charge in [-0.25, -0.2) is 4.98 Å². The van der Waals surface area contributed by atoms with Crippen LogP contribution in [0.4, 0.5) is 0 Å². The van der Waals surface area contributed by atoms with E-state index in [4.69, 9.17) is 9.15 Å². The molecular formula is C17H22N4O3. The highest BCUT2D eigenvalue weighted by Gasteiger charge is 2.46. The van der Waals surface area contributed by atoms with Crippen LogP contribution in [0, 0.1) is 0 Å². The maximum atomic E-state index is 12.1. The van der Waals surface area contributed by atoms with Crippen molar-refractivity contribution in [1.82, 2.24) is 19.8 Å². The van der Waals surface area contributed by atoms with Gasteiger partial charge in [0.15, 0.2) is 6.10 Å². The summed E-state index contributed by atoms with van der Waals surface area (Å²) in [6.07, 6.45) is 8.42. The lowest BCUT2D eigenvalue weighted by molar-refractivity contribution is -0.173. The van der Waals surface area contributed by atoms with Crippen molar-refractivity contribution in [2.75, 3.05) is 20.1 Å². The van der Waals surface area contributed by atoms with E-state index in [0.717, 1.165) is 38.3 Å². The number of ether oxygens (including phenoxy) is 1. The van der Waals surface area contributed by atoms with Crippen LogP contribution < -0.4 is 5.32 Å². The van der Waals surface area contributed by atoms with Gasteiger partial charge in [0.2, 0.25) is 0 Å². The maximum absolute atomic E-state index is 12.1. The highest BCUT2D eigenvalue weighted by atomic mass is 16.5. The van der Waals surface area contributed by atoms with Gasteiger partial charge in [0, 0.05) is 44.6 Å². The zero-order valence-corrected chi connectivity index (χ0v) is 13.8. The summed E-state index contributed by atoms with van der Waals surface area (Å²) in [5.41, 5.74) is 0.714. The third kappa shape index (κ3) is 2.63.